The van der Waals surface area contributed by atoms with Crippen LogP contribution in [0.1, 0.15) is 19.8 Å². The molecule has 0 aliphatic heterocycles. The number of sulfonamides is 1. The Kier molecular flexibility index (Phi) is 4.92. The van der Waals surface area contributed by atoms with Gasteiger partial charge in [-0.05, 0) is 19.8 Å². The van der Waals surface area contributed by atoms with Gasteiger partial charge in [0, 0.05) is 26.3 Å². The summed E-state index contributed by atoms with van der Waals surface area (Å²) in [7, 11) is -2.01. The second kappa shape index (κ2) is 6.01. The lowest BCUT2D eigenvalue weighted by atomic mass is 10.3. The third-order valence-corrected chi connectivity index (χ3v) is 4.52. The molecule has 1 rings (SSSR count). The Bertz CT molecular complexity index is 507. The molecule has 1 heterocycles. The van der Waals surface area contributed by atoms with Gasteiger partial charge < -0.3 is 5.73 Å². The number of unbranched alkanes of at least 4 members (excludes halogenated alkanes) is 1. The van der Waals surface area contributed by atoms with Crippen LogP contribution in [-0.4, -0.2) is 36.1 Å². The lowest BCUT2D eigenvalue weighted by Gasteiger charge is -2.15. The van der Waals surface area contributed by atoms with Gasteiger partial charge >= 0.3 is 0 Å². The van der Waals surface area contributed by atoms with Gasteiger partial charge in [-0.15, -0.1) is 6.58 Å². The molecule has 1 aromatic heterocycles. The summed E-state index contributed by atoms with van der Waals surface area (Å²) in [5.74, 6) is 0.0485. The molecule has 0 unspecified atom stereocenters. The molecule has 7 heteroatoms. The van der Waals surface area contributed by atoms with Crippen molar-refractivity contribution in [2.24, 2.45) is 0 Å². The highest BCUT2D eigenvalue weighted by Crippen LogP contribution is 2.20. The van der Waals surface area contributed by atoms with Crippen molar-refractivity contribution in [3.05, 3.63) is 18.9 Å². The number of nitrogen functional groups attached to an aromatic ring is 1. The number of anilines is 1. The van der Waals surface area contributed by atoms with Gasteiger partial charge in [0.05, 0.1) is 0 Å². The lowest BCUT2D eigenvalue weighted by Crippen LogP contribution is -2.28. The van der Waals surface area contributed by atoms with Crippen LogP contribution in [0.25, 0.3) is 0 Å². The van der Waals surface area contributed by atoms with E-state index in [2.05, 4.69) is 11.7 Å². The zero-order valence-corrected chi connectivity index (χ0v) is 11.7. The van der Waals surface area contributed by atoms with Crippen LogP contribution in [0, 0.1) is 0 Å². The second-order valence-electron chi connectivity index (χ2n) is 3.99. The fraction of sp³-hybridized carbons (Fsp3) is 0.545. The van der Waals surface area contributed by atoms with Crippen LogP contribution in [0.4, 0.5) is 5.82 Å². The Balaban J connectivity index is 2.90. The number of rotatable bonds is 7. The molecule has 0 atom stereocenters. The maximum atomic E-state index is 12.2. The smallest absolute Gasteiger partial charge is 0.248 e. The number of hydrogen-bond acceptors (Lipinski definition) is 4. The first-order valence-corrected chi connectivity index (χ1v) is 7.27. The van der Waals surface area contributed by atoms with Crippen LogP contribution in [-0.2, 0) is 16.6 Å². The Morgan fingerprint density at radius 2 is 2.28 bits per heavy atom. The summed E-state index contributed by atoms with van der Waals surface area (Å²) in [6.45, 7) is 6.50. The van der Waals surface area contributed by atoms with Crippen LogP contribution >= 0.6 is 0 Å². The molecule has 0 radical (unpaired) electrons. The number of aromatic nitrogens is 2. The zero-order chi connectivity index (χ0) is 13.8. The molecule has 2 N–H and O–H groups in total. The summed E-state index contributed by atoms with van der Waals surface area (Å²) in [5, 5.41) is 3.95. The topological polar surface area (TPSA) is 81.2 Å². The minimum absolute atomic E-state index is 0.0485. The SMILES string of the molecule is C=CCCCN(C)S(=O)(=O)c1cn(CC)nc1N. The van der Waals surface area contributed by atoms with E-state index in [0.717, 1.165) is 12.8 Å². The van der Waals surface area contributed by atoms with Gasteiger partial charge in [-0.1, -0.05) is 6.08 Å². The van der Waals surface area contributed by atoms with Gasteiger partial charge in [-0.25, -0.2) is 12.7 Å². The zero-order valence-electron chi connectivity index (χ0n) is 10.8. The Labute approximate surface area is 108 Å². The average molecular weight is 272 g/mol. The van der Waals surface area contributed by atoms with E-state index in [0.29, 0.717) is 13.1 Å². The van der Waals surface area contributed by atoms with Crippen molar-refractivity contribution < 1.29 is 8.42 Å². The maximum absolute atomic E-state index is 12.2. The molecule has 0 saturated carbocycles. The quantitative estimate of drug-likeness (QED) is 0.594. The molecule has 0 aliphatic rings. The van der Waals surface area contributed by atoms with E-state index >= 15 is 0 Å². The van der Waals surface area contributed by atoms with Gasteiger partial charge in [-0.2, -0.15) is 5.10 Å². The number of nitrogens with two attached hydrogens (primary N) is 1. The molecule has 1 aromatic rings. The van der Waals surface area contributed by atoms with Crippen molar-refractivity contribution in [2.75, 3.05) is 19.3 Å². The number of aryl methyl sites for hydroxylation is 1. The highest BCUT2D eigenvalue weighted by atomic mass is 32.2. The van der Waals surface area contributed by atoms with Crippen LogP contribution in [0.5, 0.6) is 0 Å². The third kappa shape index (κ3) is 3.11. The molecule has 0 saturated heterocycles. The van der Waals surface area contributed by atoms with Crippen LogP contribution in [0.2, 0.25) is 0 Å². The number of hydrogen-bond donors (Lipinski definition) is 1. The first-order chi connectivity index (χ1) is 8.43. The van der Waals surface area contributed by atoms with Gasteiger partial charge in [0.15, 0.2) is 5.82 Å². The maximum Gasteiger partial charge on any atom is 0.248 e. The van der Waals surface area contributed by atoms with E-state index in [-0.39, 0.29) is 10.7 Å². The number of nitrogens with zero attached hydrogens (tertiary/aromatic N) is 3. The fourth-order valence-electron chi connectivity index (χ4n) is 1.53. The van der Waals surface area contributed by atoms with Crippen LogP contribution in [0.3, 0.4) is 0 Å². The van der Waals surface area contributed by atoms with E-state index in [9.17, 15) is 8.42 Å². The van der Waals surface area contributed by atoms with E-state index in [4.69, 9.17) is 5.73 Å². The summed E-state index contributed by atoms with van der Waals surface area (Å²) in [5.41, 5.74) is 5.64. The second-order valence-corrected chi connectivity index (χ2v) is 6.01. The molecule has 6 nitrogen and oxygen atoms in total. The Morgan fingerprint density at radius 1 is 1.61 bits per heavy atom. The summed E-state index contributed by atoms with van der Waals surface area (Å²) >= 11 is 0. The van der Waals surface area contributed by atoms with Crippen molar-refractivity contribution in [1.82, 2.24) is 14.1 Å². The van der Waals surface area contributed by atoms with Crippen molar-refractivity contribution in [3.8, 4) is 0 Å². The Hall–Kier alpha value is -1.34. The summed E-state index contributed by atoms with van der Waals surface area (Å²) in [6, 6.07) is 0. The molecule has 0 amide bonds. The minimum atomic E-state index is -3.55. The highest BCUT2D eigenvalue weighted by Gasteiger charge is 2.25. The van der Waals surface area contributed by atoms with Crippen LogP contribution in [0.15, 0.2) is 23.7 Å². The summed E-state index contributed by atoms with van der Waals surface area (Å²) in [4.78, 5) is 0.0745. The Morgan fingerprint density at radius 3 is 2.78 bits per heavy atom. The molecule has 102 valence electrons. The summed E-state index contributed by atoms with van der Waals surface area (Å²) < 4.78 is 27.3. The molecular formula is C11H20N4O2S. The average Bonchev–Trinajstić information content (AvgIpc) is 2.71. The largest absolute Gasteiger partial charge is 0.381 e. The fourth-order valence-corrected chi connectivity index (χ4v) is 2.79. The lowest BCUT2D eigenvalue weighted by molar-refractivity contribution is 0.463. The van der Waals surface area contributed by atoms with Crippen LogP contribution < -0.4 is 5.73 Å². The molecule has 0 aromatic carbocycles. The normalized spacial score (nSPS) is 11.9. The van der Waals surface area contributed by atoms with E-state index in [1.807, 2.05) is 6.92 Å². The molecule has 0 spiro atoms. The van der Waals surface area contributed by atoms with Gasteiger partial charge in [0.25, 0.3) is 0 Å². The first-order valence-electron chi connectivity index (χ1n) is 5.83. The van der Waals surface area contributed by atoms with E-state index in [1.165, 1.54) is 15.2 Å². The predicted molar refractivity (Wildman–Crippen MR) is 71.6 cm³/mol. The van der Waals surface area contributed by atoms with Gasteiger partial charge in [-0.3, -0.25) is 4.68 Å². The van der Waals surface area contributed by atoms with Gasteiger partial charge in [0.2, 0.25) is 10.0 Å². The van der Waals surface area contributed by atoms with E-state index in [1.54, 1.807) is 13.1 Å². The molecule has 0 aliphatic carbocycles. The molecule has 0 bridgehead atoms. The molecule has 0 fully saturated rings. The standard InChI is InChI=1S/C11H20N4O2S/c1-4-6-7-8-14(3)18(16,17)10-9-15(5-2)13-11(10)12/h4,9H,1,5-8H2,2-3H3,(H2,12,13). The van der Waals surface area contributed by atoms with Crippen molar-refractivity contribution >= 4 is 15.8 Å². The van der Waals surface area contributed by atoms with Crippen molar-refractivity contribution in [2.45, 2.75) is 31.2 Å². The molecular weight excluding hydrogens is 252 g/mol. The van der Waals surface area contributed by atoms with Crippen molar-refractivity contribution in [3.63, 3.8) is 0 Å². The number of allylic oxidation sites excluding steroid dienone is 1. The van der Waals surface area contributed by atoms with Crippen molar-refractivity contribution in [1.29, 1.82) is 0 Å². The molecule has 18 heavy (non-hydrogen) atoms. The minimum Gasteiger partial charge on any atom is -0.381 e. The highest BCUT2D eigenvalue weighted by molar-refractivity contribution is 7.89. The summed E-state index contributed by atoms with van der Waals surface area (Å²) in [6.07, 6.45) is 4.75. The van der Waals surface area contributed by atoms with Gasteiger partial charge in [0.1, 0.15) is 4.90 Å². The third-order valence-electron chi connectivity index (χ3n) is 2.65. The van der Waals surface area contributed by atoms with E-state index < -0.39 is 10.0 Å². The monoisotopic (exact) mass is 272 g/mol. The predicted octanol–water partition coefficient (Wildman–Crippen LogP) is 1.07. The first kappa shape index (κ1) is 14.7.